The Morgan fingerprint density at radius 1 is 1.45 bits per heavy atom. The van der Waals surface area contributed by atoms with Crippen LogP contribution in [0.25, 0.3) is 0 Å². The van der Waals surface area contributed by atoms with Gasteiger partial charge >= 0.3 is 0 Å². The van der Waals surface area contributed by atoms with E-state index >= 15 is 0 Å². The molecule has 4 nitrogen and oxygen atoms in total. The van der Waals surface area contributed by atoms with Crippen molar-refractivity contribution in [2.75, 3.05) is 18.4 Å². The Morgan fingerprint density at radius 3 is 2.95 bits per heavy atom. The van der Waals surface area contributed by atoms with E-state index in [-0.39, 0.29) is 11.9 Å². The third-order valence-corrected chi connectivity index (χ3v) is 3.96. The minimum absolute atomic E-state index is 0.0326. The van der Waals surface area contributed by atoms with Gasteiger partial charge in [-0.25, -0.2) is 0 Å². The molecular weight excluding hydrogens is 250 g/mol. The number of benzene rings is 1. The van der Waals surface area contributed by atoms with Crippen LogP contribution in [0, 0.1) is 5.92 Å². The Labute approximate surface area is 121 Å². The maximum Gasteiger partial charge on any atom is 0.221 e. The van der Waals surface area contributed by atoms with Crippen LogP contribution in [0.3, 0.4) is 0 Å². The van der Waals surface area contributed by atoms with Crippen molar-refractivity contribution >= 4 is 11.6 Å². The number of hydrogen-bond donors (Lipinski definition) is 3. The predicted molar refractivity (Wildman–Crippen MR) is 82.7 cm³/mol. The highest BCUT2D eigenvalue weighted by atomic mass is 16.1. The van der Waals surface area contributed by atoms with Gasteiger partial charge in [-0.3, -0.25) is 4.79 Å². The minimum atomic E-state index is -0.0326. The molecule has 20 heavy (non-hydrogen) atoms. The van der Waals surface area contributed by atoms with Crippen LogP contribution in [-0.4, -0.2) is 25.0 Å². The van der Waals surface area contributed by atoms with E-state index in [0.29, 0.717) is 12.0 Å². The van der Waals surface area contributed by atoms with Gasteiger partial charge in [0, 0.05) is 24.7 Å². The zero-order valence-corrected chi connectivity index (χ0v) is 12.6. The van der Waals surface area contributed by atoms with Gasteiger partial charge in [0.15, 0.2) is 0 Å². The summed E-state index contributed by atoms with van der Waals surface area (Å²) >= 11 is 0. The number of hydrogen-bond acceptors (Lipinski definition) is 3. The SMILES string of the molecule is CC(=O)Nc1cccc(C(C)NC2CCNCC2C)c1. The lowest BCUT2D eigenvalue weighted by molar-refractivity contribution is -0.114. The highest BCUT2D eigenvalue weighted by molar-refractivity contribution is 5.88. The lowest BCUT2D eigenvalue weighted by Crippen LogP contribution is -2.47. The minimum Gasteiger partial charge on any atom is -0.326 e. The number of nitrogens with one attached hydrogen (secondary N) is 3. The summed E-state index contributed by atoms with van der Waals surface area (Å²) in [4.78, 5) is 11.1. The number of rotatable bonds is 4. The van der Waals surface area contributed by atoms with E-state index in [4.69, 9.17) is 0 Å². The van der Waals surface area contributed by atoms with Crippen molar-refractivity contribution in [2.24, 2.45) is 5.92 Å². The molecule has 1 fully saturated rings. The molecule has 3 atom stereocenters. The first-order valence-corrected chi connectivity index (χ1v) is 7.40. The number of carbonyl (C=O) groups is 1. The molecule has 1 aromatic carbocycles. The summed E-state index contributed by atoms with van der Waals surface area (Å²) < 4.78 is 0. The van der Waals surface area contributed by atoms with Crippen molar-refractivity contribution in [1.82, 2.24) is 10.6 Å². The summed E-state index contributed by atoms with van der Waals surface area (Å²) in [5.74, 6) is 0.611. The molecule has 0 spiro atoms. The molecule has 1 aliphatic heterocycles. The molecule has 0 aromatic heterocycles. The average Bonchev–Trinajstić information content (AvgIpc) is 2.41. The Hall–Kier alpha value is -1.39. The number of carbonyl (C=O) groups excluding carboxylic acids is 1. The summed E-state index contributed by atoms with van der Waals surface area (Å²) in [6.07, 6.45) is 1.16. The zero-order chi connectivity index (χ0) is 14.5. The molecule has 0 aliphatic carbocycles. The van der Waals surface area contributed by atoms with Gasteiger partial charge in [0.05, 0.1) is 0 Å². The van der Waals surface area contributed by atoms with Crippen molar-refractivity contribution in [2.45, 2.75) is 39.3 Å². The van der Waals surface area contributed by atoms with Gasteiger partial charge in [-0.1, -0.05) is 19.1 Å². The molecule has 3 unspecified atom stereocenters. The van der Waals surface area contributed by atoms with Crippen LogP contribution in [0.15, 0.2) is 24.3 Å². The van der Waals surface area contributed by atoms with E-state index in [9.17, 15) is 4.79 Å². The van der Waals surface area contributed by atoms with Crippen LogP contribution in [0.1, 0.15) is 38.8 Å². The Bertz CT molecular complexity index is 461. The molecule has 4 heteroatoms. The molecule has 0 saturated carbocycles. The largest absolute Gasteiger partial charge is 0.326 e. The van der Waals surface area contributed by atoms with Crippen molar-refractivity contribution in [1.29, 1.82) is 0 Å². The fourth-order valence-electron chi connectivity index (χ4n) is 2.77. The number of piperidine rings is 1. The molecule has 1 aromatic rings. The monoisotopic (exact) mass is 275 g/mol. The first kappa shape index (κ1) is 15.0. The van der Waals surface area contributed by atoms with Crippen molar-refractivity contribution < 1.29 is 4.79 Å². The second kappa shape index (κ2) is 6.86. The van der Waals surface area contributed by atoms with E-state index in [2.05, 4.69) is 35.9 Å². The van der Waals surface area contributed by atoms with Gasteiger partial charge < -0.3 is 16.0 Å². The maximum absolute atomic E-state index is 11.1. The van der Waals surface area contributed by atoms with E-state index in [1.807, 2.05) is 18.2 Å². The van der Waals surface area contributed by atoms with Gasteiger partial charge in [0.2, 0.25) is 5.91 Å². The normalized spacial score (nSPS) is 24.1. The van der Waals surface area contributed by atoms with Crippen LogP contribution in [0.4, 0.5) is 5.69 Å². The van der Waals surface area contributed by atoms with Crippen molar-refractivity contribution in [3.63, 3.8) is 0 Å². The molecule has 3 N–H and O–H groups in total. The van der Waals surface area contributed by atoms with E-state index in [1.165, 1.54) is 12.5 Å². The smallest absolute Gasteiger partial charge is 0.221 e. The summed E-state index contributed by atoms with van der Waals surface area (Å²) in [6, 6.07) is 8.90. The van der Waals surface area contributed by atoms with Gasteiger partial charge in [0.1, 0.15) is 0 Å². The maximum atomic E-state index is 11.1. The first-order valence-electron chi connectivity index (χ1n) is 7.40. The summed E-state index contributed by atoms with van der Waals surface area (Å²) in [5, 5.41) is 9.97. The molecular formula is C16H25N3O. The van der Waals surface area contributed by atoms with E-state index in [1.54, 1.807) is 0 Å². The lowest BCUT2D eigenvalue weighted by Gasteiger charge is -2.33. The molecule has 1 amide bonds. The molecule has 0 radical (unpaired) electrons. The summed E-state index contributed by atoms with van der Waals surface area (Å²) in [5.41, 5.74) is 2.07. The van der Waals surface area contributed by atoms with Gasteiger partial charge in [0.25, 0.3) is 0 Å². The topological polar surface area (TPSA) is 53.2 Å². The van der Waals surface area contributed by atoms with Crippen LogP contribution in [0.5, 0.6) is 0 Å². The third kappa shape index (κ3) is 4.05. The molecule has 2 rings (SSSR count). The summed E-state index contributed by atoms with van der Waals surface area (Å²) in [7, 11) is 0. The van der Waals surface area contributed by atoms with Crippen LogP contribution in [-0.2, 0) is 4.79 Å². The summed E-state index contributed by atoms with van der Waals surface area (Å²) in [6.45, 7) is 8.16. The van der Waals surface area contributed by atoms with Gasteiger partial charge in [-0.15, -0.1) is 0 Å². The predicted octanol–water partition coefficient (Wildman–Crippen LogP) is 2.29. The second-order valence-corrected chi connectivity index (χ2v) is 5.77. The van der Waals surface area contributed by atoms with Crippen molar-refractivity contribution in [3.8, 4) is 0 Å². The Kier molecular flexibility index (Phi) is 5.15. The van der Waals surface area contributed by atoms with Crippen LogP contribution >= 0.6 is 0 Å². The number of anilines is 1. The standard InChI is InChI=1S/C16H25N3O/c1-11-10-17-8-7-16(11)18-12(2)14-5-4-6-15(9-14)19-13(3)20/h4-6,9,11-12,16-18H,7-8,10H2,1-3H3,(H,19,20). The number of amides is 1. The molecule has 110 valence electrons. The quantitative estimate of drug-likeness (QED) is 0.790. The lowest BCUT2D eigenvalue weighted by atomic mass is 9.93. The fraction of sp³-hybridized carbons (Fsp3) is 0.562. The van der Waals surface area contributed by atoms with Gasteiger partial charge in [-0.05, 0) is 50.0 Å². The molecule has 0 bridgehead atoms. The second-order valence-electron chi connectivity index (χ2n) is 5.77. The Balaban J connectivity index is 2.01. The molecule has 1 saturated heterocycles. The highest BCUT2D eigenvalue weighted by Gasteiger charge is 2.22. The zero-order valence-electron chi connectivity index (χ0n) is 12.6. The van der Waals surface area contributed by atoms with Gasteiger partial charge in [-0.2, -0.15) is 0 Å². The van der Waals surface area contributed by atoms with E-state index in [0.717, 1.165) is 25.2 Å². The molecule has 1 aliphatic rings. The van der Waals surface area contributed by atoms with E-state index < -0.39 is 0 Å². The van der Waals surface area contributed by atoms with Crippen LogP contribution < -0.4 is 16.0 Å². The molecule has 1 heterocycles. The third-order valence-electron chi connectivity index (χ3n) is 3.96. The van der Waals surface area contributed by atoms with Crippen molar-refractivity contribution in [3.05, 3.63) is 29.8 Å². The fourth-order valence-corrected chi connectivity index (χ4v) is 2.77. The highest BCUT2D eigenvalue weighted by Crippen LogP contribution is 2.20. The Morgan fingerprint density at radius 2 is 2.25 bits per heavy atom. The van der Waals surface area contributed by atoms with Crippen LogP contribution in [0.2, 0.25) is 0 Å². The average molecular weight is 275 g/mol. The first-order chi connectivity index (χ1) is 9.56.